The Morgan fingerprint density at radius 1 is 1.38 bits per heavy atom. The van der Waals surface area contributed by atoms with Gasteiger partial charge in [0.15, 0.2) is 0 Å². The molecule has 0 spiro atoms. The highest BCUT2D eigenvalue weighted by atomic mass is 35.5. The molecule has 1 N–H and O–H groups in total. The number of hydrogen-bond donors (Lipinski definition) is 1. The van der Waals surface area contributed by atoms with Crippen LogP contribution in [0, 0.1) is 0 Å². The quantitative estimate of drug-likeness (QED) is 0.889. The van der Waals surface area contributed by atoms with Gasteiger partial charge in [0.05, 0.1) is 12.8 Å². The molecule has 0 saturated carbocycles. The van der Waals surface area contributed by atoms with Crippen LogP contribution in [0.15, 0.2) is 35.7 Å². The summed E-state index contributed by atoms with van der Waals surface area (Å²) in [6, 6.07) is 9.72. The molecule has 0 radical (unpaired) electrons. The molecule has 0 atom stereocenters. The van der Waals surface area contributed by atoms with Crippen LogP contribution in [-0.2, 0) is 6.54 Å². The molecule has 0 bridgehead atoms. The highest BCUT2D eigenvalue weighted by Gasteiger charge is 2.03. The van der Waals surface area contributed by atoms with Gasteiger partial charge in [0, 0.05) is 22.5 Å². The van der Waals surface area contributed by atoms with Crippen molar-refractivity contribution in [3.05, 3.63) is 45.6 Å². The molecule has 2 aromatic rings. The van der Waals surface area contributed by atoms with Gasteiger partial charge in [-0.25, -0.2) is 0 Å². The molecule has 0 aliphatic heterocycles. The van der Waals surface area contributed by atoms with Crippen molar-refractivity contribution in [3.8, 4) is 5.75 Å². The molecule has 0 fully saturated rings. The summed E-state index contributed by atoms with van der Waals surface area (Å²) in [6.45, 7) is 0.801. The van der Waals surface area contributed by atoms with E-state index in [1.165, 1.54) is 4.88 Å². The second-order valence-electron chi connectivity index (χ2n) is 3.28. The lowest BCUT2D eigenvalue weighted by Gasteiger charge is -2.10. The van der Waals surface area contributed by atoms with E-state index in [0.717, 1.165) is 18.0 Å². The molecule has 2 rings (SSSR count). The van der Waals surface area contributed by atoms with Gasteiger partial charge < -0.3 is 10.1 Å². The average Bonchev–Trinajstić information content (AvgIpc) is 2.80. The summed E-state index contributed by atoms with van der Waals surface area (Å²) < 4.78 is 5.25. The SMILES string of the molecule is COc1cc(Cl)ccc1NCc1cccs1. The number of thiophene rings is 1. The van der Waals surface area contributed by atoms with Crippen molar-refractivity contribution in [2.45, 2.75) is 6.54 Å². The molecule has 1 aromatic carbocycles. The summed E-state index contributed by atoms with van der Waals surface area (Å²) >= 11 is 7.62. The molecule has 2 nitrogen and oxygen atoms in total. The minimum Gasteiger partial charge on any atom is -0.495 e. The molecular formula is C12H12ClNOS. The zero-order valence-corrected chi connectivity index (χ0v) is 10.4. The monoisotopic (exact) mass is 253 g/mol. The van der Waals surface area contributed by atoms with Crippen molar-refractivity contribution in [3.63, 3.8) is 0 Å². The van der Waals surface area contributed by atoms with E-state index in [9.17, 15) is 0 Å². The van der Waals surface area contributed by atoms with E-state index in [1.54, 1.807) is 24.5 Å². The fourth-order valence-electron chi connectivity index (χ4n) is 1.41. The van der Waals surface area contributed by atoms with Crippen molar-refractivity contribution in [1.29, 1.82) is 0 Å². The molecule has 4 heteroatoms. The van der Waals surface area contributed by atoms with Gasteiger partial charge in [-0.3, -0.25) is 0 Å². The Hall–Kier alpha value is -1.19. The molecule has 1 heterocycles. The lowest BCUT2D eigenvalue weighted by atomic mass is 10.3. The summed E-state index contributed by atoms with van der Waals surface area (Å²) in [5, 5.41) is 6.07. The Labute approximate surface area is 104 Å². The van der Waals surface area contributed by atoms with Crippen LogP contribution in [0.3, 0.4) is 0 Å². The first-order chi connectivity index (χ1) is 7.79. The molecule has 0 aliphatic carbocycles. The fraction of sp³-hybridized carbons (Fsp3) is 0.167. The Kier molecular flexibility index (Phi) is 3.70. The van der Waals surface area contributed by atoms with Crippen molar-refractivity contribution in [1.82, 2.24) is 0 Å². The van der Waals surface area contributed by atoms with E-state index in [1.807, 2.05) is 18.2 Å². The number of rotatable bonds is 4. The highest BCUT2D eigenvalue weighted by Crippen LogP contribution is 2.28. The van der Waals surface area contributed by atoms with Crippen molar-refractivity contribution in [2.75, 3.05) is 12.4 Å². The van der Waals surface area contributed by atoms with E-state index in [4.69, 9.17) is 16.3 Å². The lowest BCUT2D eigenvalue weighted by molar-refractivity contribution is 0.416. The van der Waals surface area contributed by atoms with Gasteiger partial charge in [-0.15, -0.1) is 11.3 Å². The second-order valence-corrected chi connectivity index (χ2v) is 4.75. The summed E-state index contributed by atoms with van der Waals surface area (Å²) in [5.41, 5.74) is 0.959. The van der Waals surface area contributed by atoms with Gasteiger partial charge in [0.2, 0.25) is 0 Å². The summed E-state index contributed by atoms with van der Waals surface area (Å²) in [5.74, 6) is 0.768. The predicted octanol–water partition coefficient (Wildman–Crippen LogP) is 4.02. The maximum Gasteiger partial charge on any atom is 0.143 e. The summed E-state index contributed by atoms with van der Waals surface area (Å²) in [7, 11) is 1.64. The normalized spacial score (nSPS) is 10.1. The summed E-state index contributed by atoms with van der Waals surface area (Å²) in [4.78, 5) is 1.29. The first-order valence-electron chi connectivity index (χ1n) is 4.89. The van der Waals surface area contributed by atoms with Crippen LogP contribution in [0.2, 0.25) is 5.02 Å². The highest BCUT2D eigenvalue weighted by molar-refractivity contribution is 7.09. The molecule has 0 saturated heterocycles. The molecule has 0 aliphatic rings. The smallest absolute Gasteiger partial charge is 0.143 e. The third-order valence-corrected chi connectivity index (χ3v) is 3.31. The molecule has 0 unspecified atom stereocenters. The average molecular weight is 254 g/mol. The Balaban J connectivity index is 2.09. The first kappa shape index (κ1) is 11.3. The minimum atomic E-state index is 0.679. The number of nitrogens with one attached hydrogen (secondary N) is 1. The van der Waals surface area contributed by atoms with Crippen LogP contribution < -0.4 is 10.1 Å². The summed E-state index contributed by atoms with van der Waals surface area (Å²) in [6.07, 6.45) is 0. The van der Waals surface area contributed by atoms with E-state index < -0.39 is 0 Å². The Morgan fingerprint density at radius 3 is 2.94 bits per heavy atom. The van der Waals surface area contributed by atoms with Gasteiger partial charge in [-0.05, 0) is 23.6 Å². The van der Waals surface area contributed by atoms with E-state index in [2.05, 4.69) is 16.8 Å². The van der Waals surface area contributed by atoms with E-state index in [-0.39, 0.29) is 0 Å². The topological polar surface area (TPSA) is 21.3 Å². The molecule has 16 heavy (non-hydrogen) atoms. The lowest BCUT2D eigenvalue weighted by Crippen LogP contribution is -1.99. The Morgan fingerprint density at radius 2 is 2.25 bits per heavy atom. The van der Waals surface area contributed by atoms with E-state index in [0.29, 0.717) is 5.02 Å². The van der Waals surface area contributed by atoms with Crippen LogP contribution >= 0.6 is 22.9 Å². The number of methoxy groups -OCH3 is 1. The Bertz CT molecular complexity index is 456. The number of benzene rings is 1. The van der Waals surface area contributed by atoms with Gasteiger partial charge in [0.25, 0.3) is 0 Å². The van der Waals surface area contributed by atoms with Gasteiger partial charge >= 0.3 is 0 Å². The van der Waals surface area contributed by atoms with Gasteiger partial charge in [-0.1, -0.05) is 17.7 Å². The standard InChI is InChI=1S/C12H12ClNOS/c1-15-12-7-9(13)4-5-11(12)14-8-10-3-2-6-16-10/h2-7,14H,8H2,1H3. The maximum absolute atomic E-state index is 5.89. The van der Waals surface area contributed by atoms with Crippen molar-refractivity contribution < 1.29 is 4.74 Å². The zero-order valence-electron chi connectivity index (χ0n) is 8.87. The molecule has 0 amide bonds. The third kappa shape index (κ3) is 2.68. The van der Waals surface area contributed by atoms with Crippen LogP contribution in [0.5, 0.6) is 5.75 Å². The first-order valence-corrected chi connectivity index (χ1v) is 6.15. The fourth-order valence-corrected chi connectivity index (χ4v) is 2.21. The van der Waals surface area contributed by atoms with Gasteiger partial charge in [0.1, 0.15) is 5.75 Å². The third-order valence-electron chi connectivity index (χ3n) is 2.20. The minimum absolute atomic E-state index is 0.679. The number of ether oxygens (including phenoxy) is 1. The van der Waals surface area contributed by atoms with Crippen LogP contribution in [0.4, 0.5) is 5.69 Å². The predicted molar refractivity (Wildman–Crippen MR) is 69.6 cm³/mol. The number of anilines is 1. The van der Waals surface area contributed by atoms with Gasteiger partial charge in [-0.2, -0.15) is 0 Å². The van der Waals surface area contributed by atoms with Crippen molar-refractivity contribution in [2.24, 2.45) is 0 Å². The number of hydrogen-bond acceptors (Lipinski definition) is 3. The van der Waals surface area contributed by atoms with Crippen LogP contribution in [0.25, 0.3) is 0 Å². The molecule has 84 valence electrons. The van der Waals surface area contributed by atoms with Crippen LogP contribution in [-0.4, -0.2) is 7.11 Å². The van der Waals surface area contributed by atoms with Crippen molar-refractivity contribution >= 4 is 28.6 Å². The van der Waals surface area contributed by atoms with E-state index >= 15 is 0 Å². The largest absolute Gasteiger partial charge is 0.495 e. The second kappa shape index (κ2) is 5.23. The molecular weight excluding hydrogens is 242 g/mol. The number of halogens is 1. The van der Waals surface area contributed by atoms with Crippen LogP contribution in [0.1, 0.15) is 4.88 Å². The molecule has 1 aromatic heterocycles. The maximum atomic E-state index is 5.89. The zero-order chi connectivity index (χ0) is 11.4.